The van der Waals surface area contributed by atoms with Crippen molar-refractivity contribution < 1.29 is 4.52 Å². The van der Waals surface area contributed by atoms with Crippen LogP contribution in [0.5, 0.6) is 0 Å². The van der Waals surface area contributed by atoms with Crippen molar-refractivity contribution in [2.24, 2.45) is 0 Å². The Morgan fingerprint density at radius 3 is 2.89 bits per heavy atom. The second-order valence-electron chi connectivity index (χ2n) is 4.46. The van der Waals surface area contributed by atoms with Crippen LogP contribution >= 0.6 is 11.3 Å². The minimum Gasteiger partial charge on any atom is -0.333 e. The molecule has 0 radical (unpaired) electrons. The van der Waals surface area contributed by atoms with Gasteiger partial charge in [-0.25, -0.2) is 0 Å². The van der Waals surface area contributed by atoms with Gasteiger partial charge in [0.25, 0.3) is 5.89 Å². The molecule has 0 aromatic carbocycles. The summed E-state index contributed by atoms with van der Waals surface area (Å²) in [4.78, 5) is 6.85. The maximum atomic E-state index is 5.33. The molecule has 0 aliphatic carbocycles. The molecule has 0 amide bonds. The summed E-state index contributed by atoms with van der Waals surface area (Å²) in [5, 5.41) is 7.19. The Hall–Kier alpha value is -1.20. The quantitative estimate of drug-likeness (QED) is 0.903. The van der Waals surface area contributed by atoms with Crippen LogP contribution in [0.2, 0.25) is 0 Å². The van der Waals surface area contributed by atoms with Gasteiger partial charge in [-0.1, -0.05) is 12.1 Å². The second kappa shape index (κ2) is 5.63. The van der Waals surface area contributed by atoms with Crippen LogP contribution in [0.4, 0.5) is 0 Å². The maximum absolute atomic E-state index is 5.33. The van der Waals surface area contributed by atoms with E-state index in [0.29, 0.717) is 11.9 Å². The first-order valence-electron chi connectivity index (χ1n) is 6.23. The van der Waals surface area contributed by atoms with Gasteiger partial charge in [0.15, 0.2) is 5.82 Å². The topological polar surface area (TPSA) is 51.0 Å². The molecule has 0 saturated carbocycles. The van der Waals surface area contributed by atoms with Crippen molar-refractivity contribution in [3.8, 4) is 10.8 Å². The molecule has 0 bridgehead atoms. The fraction of sp³-hybridized carbons (Fsp3) is 0.538. The standard InChI is InChI=1S/C13H19N3OS/c1-5-10-7-11(18-9(10)3)13-15-12(16-17-13)6-8(2)14-4/h7-8,14H,5-6H2,1-4H3. The Balaban J connectivity index is 2.18. The fourth-order valence-corrected chi connectivity index (χ4v) is 2.82. The summed E-state index contributed by atoms with van der Waals surface area (Å²) in [6.45, 7) is 6.39. The molecule has 2 heterocycles. The summed E-state index contributed by atoms with van der Waals surface area (Å²) in [5.74, 6) is 1.40. The number of nitrogens with one attached hydrogen (secondary N) is 1. The van der Waals surface area contributed by atoms with Gasteiger partial charge in [-0.15, -0.1) is 11.3 Å². The molecular formula is C13H19N3OS. The number of rotatable bonds is 5. The molecule has 0 aliphatic heterocycles. The highest BCUT2D eigenvalue weighted by atomic mass is 32.1. The highest BCUT2D eigenvalue weighted by Gasteiger charge is 2.14. The van der Waals surface area contributed by atoms with Crippen LogP contribution in [0.25, 0.3) is 10.8 Å². The summed E-state index contributed by atoms with van der Waals surface area (Å²) < 4.78 is 5.33. The number of aromatic nitrogens is 2. The van der Waals surface area contributed by atoms with E-state index in [-0.39, 0.29) is 0 Å². The van der Waals surface area contributed by atoms with Gasteiger partial charge in [0.2, 0.25) is 0 Å². The van der Waals surface area contributed by atoms with E-state index in [0.717, 1.165) is 23.5 Å². The van der Waals surface area contributed by atoms with Crippen molar-refractivity contribution in [1.82, 2.24) is 15.5 Å². The average Bonchev–Trinajstić information content (AvgIpc) is 2.95. The molecule has 1 unspecified atom stereocenters. The summed E-state index contributed by atoms with van der Waals surface area (Å²) >= 11 is 1.72. The molecule has 1 N–H and O–H groups in total. The Kier molecular flexibility index (Phi) is 4.14. The van der Waals surface area contributed by atoms with E-state index < -0.39 is 0 Å². The van der Waals surface area contributed by atoms with Gasteiger partial charge >= 0.3 is 0 Å². The zero-order chi connectivity index (χ0) is 13.1. The first-order valence-corrected chi connectivity index (χ1v) is 7.05. The van der Waals surface area contributed by atoms with Crippen LogP contribution in [0, 0.1) is 6.92 Å². The van der Waals surface area contributed by atoms with Crippen LogP contribution in [0.15, 0.2) is 10.6 Å². The van der Waals surface area contributed by atoms with Gasteiger partial charge in [-0.3, -0.25) is 0 Å². The average molecular weight is 265 g/mol. The summed E-state index contributed by atoms with van der Waals surface area (Å²) in [5.41, 5.74) is 1.36. The van der Waals surface area contributed by atoms with Crippen LogP contribution in [0.3, 0.4) is 0 Å². The van der Waals surface area contributed by atoms with Gasteiger partial charge in [-0.2, -0.15) is 4.98 Å². The number of hydrogen-bond acceptors (Lipinski definition) is 5. The number of nitrogens with zero attached hydrogens (tertiary/aromatic N) is 2. The van der Waals surface area contributed by atoms with E-state index in [1.807, 2.05) is 7.05 Å². The van der Waals surface area contributed by atoms with E-state index in [1.165, 1.54) is 10.4 Å². The molecule has 2 aromatic heterocycles. The number of likely N-dealkylation sites (N-methyl/N-ethyl adjacent to an activating group) is 1. The molecule has 0 saturated heterocycles. The first kappa shape index (κ1) is 13.2. The zero-order valence-corrected chi connectivity index (χ0v) is 12.1. The zero-order valence-electron chi connectivity index (χ0n) is 11.3. The maximum Gasteiger partial charge on any atom is 0.268 e. The largest absolute Gasteiger partial charge is 0.333 e. The SMILES string of the molecule is CCc1cc(-c2nc(CC(C)NC)no2)sc1C. The molecule has 1 atom stereocenters. The van der Waals surface area contributed by atoms with Crippen molar-refractivity contribution >= 4 is 11.3 Å². The Morgan fingerprint density at radius 2 is 2.28 bits per heavy atom. The van der Waals surface area contributed by atoms with E-state index in [1.54, 1.807) is 11.3 Å². The van der Waals surface area contributed by atoms with Crippen molar-refractivity contribution in [3.63, 3.8) is 0 Å². The number of thiophene rings is 1. The molecule has 2 rings (SSSR count). The van der Waals surface area contributed by atoms with Gasteiger partial charge in [0.05, 0.1) is 4.88 Å². The van der Waals surface area contributed by atoms with Crippen LogP contribution in [-0.2, 0) is 12.8 Å². The lowest BCUT2D eigenvalue weighted by Gasteiger charge is -2.04. The van der Waals surface area contributed by atoms with Crippen LogP contribution in [-0.4, -0.2) is 23.2 Å². The molecule has 5 heteroatoms. The summed E-state index contributed by atoms with van der Waals surface area (Å²) in [6, 6.07) is 2.51. The Morgan fingerprint density at radius 1 is 1.50 bits per heavy atom. The molecular weight excluding hydrogens is 246 g/mol. The molecule has 98 valence electrons. The van der Waals surface area contributed by atoms with Crippen molar-refractivity contribution in [1.29, 1.82) is 0 Å². The monoisotopic (exact) mass is 265 g/mol. The molecule has 4 nitrogen and oxygen atoms in total. The predicted molar refractivity (Wildman–Crippen MR) is 74.0 cm³/mol. The van der Waals surface area contributed by atoms with Crippen LogP contribution in [0.1, 0.15) is 30.1 Å². The number of hydrogen-bond donors (Lipinski definition) is 1. The van der Waals surface area contributed by atoms with Gasteiger partial charge in [0, 0.05) is 17.3 Å². The van der Waals surface area contributed by atoms with Crippen molar-refractivity contribution in [3.05, 3.63) is 22.3 Å². The first-order chi connectivity index (χ1) is 8.63. The molecule has 0 fully saturated rings. The normalized spacial score (nSPS) is 12.9. The third kappa shape index (κ3) is 2.79. The third-order valence-electron chi connectivity index (χ3n) is 3.06. The summed E-state index contributed by atoms with van der Waals surface area (Å²) in [7, 11) is 1.93. The molecule has 0 spiro atoms. The minimum atomic E-state index is 0.353. The minimum absolute atomic E-state index is 0.353. The smallest absolute Gasteiger partial charge is 0.268 e. The van der Waals surface area contributed by atoms with E-state index in [4.69, 9.17) is 4.52 Å². The Bertz CT molecular complexity index is 518. The number of aryl methyl sites for hydroxylation is 2. The van der Waals surface area contributed by atoms with Gasteiger partial charge in [0.1, 0.15) is 0 Å². The predicted octanol–water partition coefficient (Wildman–Crippen LogP) is 2.82. The fourth-order valence-electron chi connectivity index (χ4n) is 1.79. The summed E-state index contributed by atoms with van der Waals surface area (Å²) in [6.07, 6.45) is 1.82. The van der Waals surface area contributed by atoms with Crippen molar-refractivity contribution in [2.75, 3.05) is 7.05 Å². The van der Waals surface area contributed by atoms with E-state index in [9.17, 15) is 0 Å². The molecule has 18 heavy (non-hydrogen) atoms. The Labute approximate surface area is 111 Å². The molecule has 2 aromatic rings. The lowest BCUT2D eigenvalue weighted by Crippen LogP contribution is -2.24. The van der Waals surface area contributed by atoms with Crippen molar-refractivity contribution in [2.45, 2.75) is 39.7 Å². The second-order valence-corrected chi connectivity index (χ2v) is 5.71. The van der Waals surface area contributed by atoms with E-state index >= 15 is 0 Å². The highest BCUT2D eigenvalue weighted by Crippen LogP contribution is 2.30. The van der Waals surface area contributed by atoms with Gasteiger partial charge < -0.3 is 9.84 Å². The lowest BCUT2D eigenvalue weighted by molar-refractivity contribution is 0.419. The molecule has 0 aliphatic rings. The van der Waals surface area contributed by atoms with E-state index in [2.05, 4.69) is 42.3 Å². The highest BCUT2D eigenvalue weighted by molar-refractivity contribution is 7.15. The van der Waals surface area contributed by atoms with Gasteiger partial charge in [-0.05, 0) is 38.9 Å². The van der Waals surface area contributed by atoms with Crippen LogP contribution < -0.4 is 5.32 Å². The lowest BCUT2D eigenvalue weighted by atomic mass is 10.2. The third-order valence-corrected chi connectivity index (χ3v) is 4.14.